The minimum atomic E-state index is -0.795. The maximum absolute atomic E-state index is 12.7. The summed E-state index contributed by atoms with van der Waals surface area (Å²) >= 11 is 3.38. The number of halogens is 1. The number of hydrogen-bond donors (Lipinski definition) is 1. The summed E-state index contributed by atoms with van der Waals surface area (Å²) in [6, 6.07) is 7.24. The lowest BCUT2D eigenvalue weighted by atomic mass is 10.2. The van der Waals surface area contributed by atoms with Gasteiger partial charge in [0, 0.05) is 0 Å². The Morgan fingerprint density at radius 3 is 2.67 bits per heavy atom. The molecule has 0 aliphatic carbocycles. The van der Waals surface area contributed by atoms with Crippen molar-refractivity contribution >= 4 is 45.9 Å². The van der Waals surface area contributed by atoms with Crippen LogP contribution in [-0.2, 0) is 25.6 Å². The third-order valence-electron chi connectivity index (χ3n) is 4.51. The number of methoxy groups -OCH3 is 1. The van der Waals surface area contributed by atoms with E-state index in [0.717, 1.165) is 4.90 Å². The van der Waals surface area contributed by atoms with Crippen molar-refractivity contribution in [2.75, 3.05) is 13.7 Å². The van der Waals surface area contributed by atoms with E-state index in [1.54, 1.807) is 32.0 Å². The highest BCUT2D eigenvalue weighted by Crippen LogP contribution is 2.28. The maximum atomic E-state index is 12.7. The number of imide groups is 1. The van der Waals surface area contributed by atoms with Crippen LogP contribution in [0, 0.1) is 0 Å². The number of carbonyl (C=O) groups excluding carboxylic acids is 4. The molecule has 1 aliphatic rings. The molecule has 11 heteroatoms. The second kappa shape index (κ2) is 10.3. The van der Waals surface area contributed by atoms with E-state index in [0.29, 0.717) is 15.8 Å². The van der Waals surface area contributed by atoms with Crippen LogP contribution in [-0.4, -0.2) is 48.6 Å². The van der Waals surface area contributed by atoms with Crippen molar-refractivity contribution in [1.82, 2.24) is 10.2 Å². The summed E-state index contributed by atoms with van der Waals surface area (Å²) in [7, 11) is 1.22. The van der Waals surface area contributed by atoms with Crippen molar-refractivity contribution in [3.63, 3.8) is 0 Å². The number of carbonyl (C=O) groups is 4. The SMILES string of the molecule is CCOC(=O)[C@H](C)Oc1ccc(/C=C2\NC(=O)N(Cc3ccc(C(=O)OC)o3)C2=O)cc1Br. The molecule has 10 nitrogen and oxygen atoms in total. The summed E-state index contributed by atoms with van der Waals surface area (Å²) in [4.78, 5) is 49.2. The molecule has 2 aromatic rings. The third-order valence-corrected chi connectivity index (χ3v) is 5.13. The van der Waals surface area contributed by atoms with Crippen molar-refractivity contribution in [3.8, 4) is 5.75 Å². The van der Waals surface area contributed by atoms with E-state index in [-0.39, 0.29) is 30.4 Å². The molecule has 3 rings (SSSR count). The fourth-order valence-corrected chi connectivity index (χ4v) is 3.40. The van der Waals surface area contributed by atoms with Gasteiger partial charge in [0.15, 0.2) is 6.10 Å². The number of ether oxygens (including phenoxy) is 3. The fraction of sp³-hybridized carbons (Fsp3) is 0.273. The van der Waals surface area contributed by atoms with Gasteiger partial charge in [0.2, 0.25) is 5.76 Å². The lowest BCUT2D eigenvalue weighted by Crippen LogP contribution is -2.30. The third kappa shape index (κ3) is 5.61. The first-order chi connectivity index (χ1) is 15.7. The first-order valence-corrected chi connectivity index (χ1v) is 10.7. The minimum Gasteiger partial charge on any atom is -0.478 e. The quantitative estimate of drug-likeness (QED) is 0.319. The topological polar surface area (TPSA) is 124 Å². The monoisotopic (exact) mass is 520 g/mol. The van der Waals surface area contributed by atoms with Crippen molar-refractivity contribution in [3.05, 3.63) is 57.6 Å². The Morgan fingerprint density at radius 1 is 1.24 bits per heavy atom. The normalized spacial score (nSPS) is 15.4. The first-order valence-electron chi connectivity index (χ1n) is 9.87. The number of nitrogens with zero attached hydrogens (tertiary/aromatic N) is 1. The van der Waals surface area contributed by atoms with Gasteiger partial charge in [0.25, 0.3) is 5.91 Å². The Balaban J connectivity index is 1.71. The Morgan fingerprint density at radius 2 is 2.00 bits per heavy atom. The second-order valence-electron chi connectivity index (χ2n) is 6.84. The maximum Gasteiger partial charge on any atom is 0.373 e. The number of hydrogen-bond acceptors (Lipinski definition) is 8. The van der Waals surface area contributed by atoms with Gasteiger partial charge in [-0.25, -0.2) is 14.4 Å². The number of urea groups is 1. The Labute approximate surface area is 197 Å². The summed E-state index contributed by atoms with van der Waals surface area (Å²) in [6.45, 7) is 3.39. The van der Waals surface area contributed by atoms with Crippen LogP contribution in [0.25, 0.3) is 6.08 Å². The highest BCUT2D eigenvalue weighted by atomic mass is 79.9. The van der Waals surface area contributed by atoms with Crippen LogP contribution in [0.3, 0.4) is 0 Å². The van der Waals surface area contributed by atoms with E-state index in [9.17, 15) is 19.2 Å². The molecule has 1 fully saturated rings. The predicted molar refractivity (Wildman–Crippen MR) is 118 cm³/mol. The van der Waals surface area contributed by atoms with Gasteiger partial charge in [-0.3, -0.25) is 9.69 Å². The second-order valence-corrected chi connectivity index (χ2v) is 7.69. The first kappa shape index (κ1) is 24.1. The highest BCUT2D eigenvalue weighted by Gasteiger charge is 2.34. The van der Waals surface area contributed by atoms with E-state index >= 15 is 0 Å². The van der Waals surface area contributed by atoms with Crippen LogP contribution >= 0.6 is 15.9 Å². The highest BCUT2D eigenvalue weighted by molar-refractivity contribution is 9.10. The molecule has 33 heavy (non-hydrogen) atoms. The van der Waals surface area contributed by atoms with Crippen molar-refractivity contribution in [1.29, 1.82) is 0 Å². The molecule has 1 aromatic carbocycles. The Hall–Kier alpha value is -3.60. The number of benzene rings is 1. The van der Waals surface area contributed by atoms with Gasteiger partial charge in [-0.2, -0.15) is 0 Å². The predicted octanol–water partition coefficient (Wildman–Crippen LogP) is 3.25. The largest absolute Gasteiger partial charge is 0.478 e. The summed E-state index contributed by atoms with van der Waals surface area (Å²) in [5.74, 6) is -1.05. The zero-order chi connectivity index (χ0) is 24.1. The number of nitrogens with one attached hydrogen (secondary N) is 1. The van der Waals surface area contributed by atoms with Gasteiger partial charge in [-0.05, 0) is 65.7 Å². The van der Waals surface area contributed by atoms with Crippen LogP contribution in [0.4, 0.5) is 4.79 Å². The number of esters is 2. The van der Waals surface area contributed by atoms with Gasteiger partial charge in [0.05, 0.1) is 24.7 Å². The molecular formula is C22H21BrN2O8. The Kier molecular flexibility index (Phi) is 7.54. The summed E-state index contributed by atoms with van der Waals surface area (Å²) < 4.78 is 21.0. The average Bonchev–Trinajstić information content (AvgIpc) is 3.35. The zero-order valence-corrected chi connectivity index (χ0v) is 19.6. The van der Waals surface area contributed by atoms with Gasteiger partial charge < -0.3 is 23.9 Å². The summed E-state index contributed by atoms with van der Waals surface area (Å²) in [6.07, 6.45) is 0.710. The molecule has 2 heterocycles. The van der Waals surface area contributed by atoms with Crippen LogP contribution in [0.1, 0.15) is 35.7 Å². The van der Waals surface area contributed by atoms with Gasteiger partial charge in [0.1, 0.15) is 17.2 Å². The fourth-order valence-electron chi connectivity index (χ4n) is 2.91. The molecule has 1 N–H and O–H groups in total. The van der Waals surface area contributed by atoms with Crippen LogP contribution in [0.5, 0.6) is 5.75 Å². The van der Waals surface area contributed by atoms with E-state index in [4.69, 9.17) is 13.9 Å². The van der Waals surface area contributed by atoms with Crippen molar-refractivity contribution in [2.24, 2.45) is 0 Å². The molecule has 1 aromatic heterocycles. The number of furan rings is 1. The molecule has 0 saturated carbocycles. The van der Waals surface area contributed by atoms with Gasteiger partial charge in [-0.15, -0.1) is 0 Å². The van der Waals surface area contributed by atoms with Crippen LogP contribution < -0.4 is 10.1 Å². The minimum absolute atomic E-state index is 0.0280. The molecule has 1 aliphatic heterocycles. The lowest BCUT2D eigenvalue weighted by molar-refractivity contribution is -0.150. The van der Waals surface area contributed by atoms with E-state index < -0.39 is 30.0 Å². The molecule has 0 spiro atoms. The van der Waals surface area contributed by atoms with Gasteiger partial charge in [-0.1, -0.05) is 6.07 Å². The molecule has 1 saturated heterocycles. The molecule has 0 radical (unpaired) electrons. The molecule has 1 atom stereocenters. The Bertz CT molecular complexity index is 1120. The molecule has 3 amide bonds. The molecular weight excluding hydrogens is 500 g/mol. The van der Waals surface area contributed by atoms with E-state index in [1.807, 2.05) is 0 Å². The lowest BCUT2D eigenvalue weighted by Gasteiger charge is -2.14. The van der Waals surface area contributed by atoms with Gasteiger partial charge >= 0.3 is 18.0 Å². The number of amides is 3. The summed E-state index contributed by atoms with van der Waals surface area (Å²) in [5, 5.41) is 2.52. The van der Waals surface area contributed by atoms with Crippen LogP contribution in [0.2, 0.25) is 0 Å². The molecule has 174 valence electrons. The number of rotatable bonds is 8. The summed E-state index contributed by atoms with van der Waals surface area (Å²) in [5.41, 5.74) is 0.676. The van der Waals surface area contributed by atoms with Crippen molar-refractivity contribution in [2.45, 2.75) is 26.5 Å². The average molecular weight is 521 g/mol. The zero-order valence-electron chi connectivity index (χ0n) is 18.0. The smallest absolute Gasteiger partial charge is 0.373 e. The van der Waals surface area contributed by atoms with Crippen molar-refractivity contribution < 1.29 is 37.8 Å². The van der Waals surface area contributed by atoms with E-state index in [2.05, 4.69) is 26.0 Å². The van der Waals surface area contributed by atoms with Crippen LogP contribution in [0.15, 0.2) is 44.9 Å². The standard InChI is InChI=1S/C22H21BrN2O8/c1-4-31-20(27)12(2)32-17-7-5-13(9-15(17)23)10-16-19(26)25(22(29)24-16)11-14-6-8-18(33-14)21(28)30-3/h5-10,12H,4,11H2,1-3H3,(H,24,29)/b16-10-/t12-/m0/s1. The van der Waals surface area contributed by atoms with E-state index in [1.165, 1.54) is 25.3 Å². The molecule has 0 bridgehead atoms. The molecule has 0 unspecified atom stereocenters.